The topological polar surface area (TPSA) is 101 Å². The lowest BCUT2D eigenvalue weighted by molar-refractivity contribution is -0.0602. The number of ether oxygens (including phenoxy) is 1. The molecule has 7 nitrogen and oxygen atoms in total. The Hall–Kier alpha value is -1.58. The summed E-state index contributed by atoms with van der Waals surface area (Å²) in [6.07, 6.45) is -4.35. The lowest BCUT2D eigenvalue weighted by atomic mass is 10.1. The second kappa shape index (κ2) is 5.90. The van der Waals surface area contributed by atoms with Crippen LogP contribution in [0.2, 0.25) is 0 Å². The second-order valence-electron chi connectivity index (χ2n) is 5.21. The SMILES string of the molecule is Cc1ccc(-c2nn([C@@H]3O[C@H](CO)[C@@H](O)[C@H]3O)c(=S)o2)cc1. The Morgan fingerprint density at radius 1 is 1.23 bits per heavy atom. The molecule has 0 bridgehead atoms. The number of rotatable bonds is 3. The molecule has 1 aliphatic rings. The van der Waals surface area contributed by atoms with Crippen LogP contribution >= 0.6 is 12.2 Å². The van der Waals surface area contributed by atoms with E-state index in [0.717, 1.165) is 11.1 Å². The monoisotopic (exact) mass is 324 g/mol. The summed E-state index contributed by atoms with van der Waals surface area (Å²) < 4.78 is 12.0. The highest BCUT2D eigenvalue weighted by Crippen LogP contribution is 2.30. The van der Waals surface area contributed by atoms with Crippen LogP contribution in [0, 0.1) is 11.8 Å². The summed E-state index contributed by atoms with van der Waals surface area (Å²) in [6.45, 7) is 1.56. The molecule has 0 amide bonds. The van der Waals surface area contributed by atoms with E-state index in [-0.39, 0.29) is 4.84 Å². The molecule has 2 heterocycles. The molecule has 3 N–H and O–H groups in total. The van der Waals surface area contributed by atoms with Gasteiger partial charge in [0.05, 0.1) is 6.61 Å². The van der Waals surface area contributed by atoms with Crippen LogP contribution < -0.4 is 0 Å². The predicted molar refractivity (Wildman–Crippen MR) is 78.5 cm³/mol. The van der Waals surface area contributed by atoms with Gasteiger partial charge >= 0.3 is 0 Å². The molecular formula is C14H16N2O5S. The molecule has 1 fully saturated rings. The standard InChI is InChI=1S/C14H16N2O5S/c1-7-2-4-8(5-3-7)12-15-16(14(22)21-12)13-11(19)10(18)9(6-17)20-13/h2-5,9-11,13,17-19H,6H2,1H3/t9-,10-,11-,13-/m1/s1. The minimum absolute atomic E-state index is 0.0189. The van der Waals surface area contributed by atoms with Crippen molar-refractivity contribution in [3.63, 3.8) is 0 Å². The van der Waals surface area contributed by atoms with Crippen molar-refractivity contribution >= 4 is 12.2 Å². The number of aliphatic hydroxyl groups excluding tert-OH is 3. The Kier molecular flexibility index (Phi) is 4.11. The molecular weight excluding hydrogens is 308 g/mol. The second-order valence-corrected chi connectivity index (χ2v) is 5.56. The maximum atomic E-state index is 10.0. The molecule has 22 heavy (non-hydrogen) atoms. The summed E-state index contributed by atoms with van der Waals surface area (Å²) in [5.74, 6) is 0.294. The van der Waals surface area contributed by atoms with Gasteiger partial charge in [-0.15, -0.1) is 5.10 Å². The first-order chi connectivity index (χ1) is 10.5. The van der Waals surface area contributed by atoms with Crippen LogP contribution in [0.1, 0.15) is 11.8 Å². The van der Waals surface area contributed by atoms with Gasteiger partial charge in [-0.05, 0) is 31.3 Å². The Bertz CT molecular complexity index is 711. The van der Waals surface area contributed by atoms with Gasteiger partial charge in [0, 0.05) is 5.56 Å². The zero-order valence-electron chi connectivity index (χ0n) is 11.8. The molecule has 0 spiro atoms. The van der Waals surface area contributed by atoms with E-state index in [1.807, 2.05) is 31.2 Å². The molecule has 1 aromatic heterocycles. The van der Waals surface area contributed by atoms with Crippen molar-refractivity contribution in [3.05, 3.63) is 34.7 Å². The first-order valence-electron chi connectivity index (χ1n) is 6.80. The van der Waals surface area contributed by atoms with E-state index < -0.39 is 31.1 Å². The van der Waals surface area contributed by atoms with Gasteiger partial charge in [-0.25, -0.2) is 0 Å². The Morgan fingerprint density at radius 3 is 2.50 bits per heavy atom. The van der Waals surface area contributed by atoms with E-state index in [1.54, 1.807) is 0 Å². The van der Waals surface area contributed by atoms with Crippen LogP contribution in [0.15, 0.2) is 28.7 Å². The smallest absolute Gasteiger partial charge is 0.289 e. The molecule has 0 aliphatic carbocycles. The average Bonchev–Trinajstić information content (AvgIpc) is 3.02. The summed E-state index contributed by atoms with van der Waals surface area (Å²) in [5, 5.41) is 33.1. The third-order valence-corrected chi connectivity index (χ3v) is 3.90. The number of aliphatic hydroxyl groups is 3. The maximum absolute atomic E-state index is 10.0. The van der Waals surface area contributed by atoms with Gasteiger partial charge in [0.1, 0.15) is 18.3 Å². The van der Waals surface area contributed by atoms with Crippen LogP contribution in [0.25, 0.3) is 11.5 Å². The number of hydrogen-bond acceptors (Lipinski definition) is 7. The van der Waals surface area contributed by atoms with Gasteiger partial charge in [-0.2, -0.15) is 4.68 Å². The molecule has 0 radical (unpaired) electrons. The van der Waals surface area contributed by atoms with Crippen LogP contribution in [-0.2, 0) is 4.74 Å². The molecule has 1 saturated heterocycles. The number of benzene rings is 1. The van der Waals surface area contributed by atoms with Crippen molar-refractivity contribution in [3.8, 4) is 11.5 Å². The number of aryl methyl sites for hydroxylation is 1. The van der Waals surface area contributed by atoms with E-state index in [4.69, 9.17) is 26.5 Å². The van der Waals surface area contributed by atoms with Gasteiger partial charge in [-0.1, -0.05) is 17.7 Å². The van der Waals surface area contributed by atoms with Crippen molar-refractivity contribution in [2.45, 2.75) is 31.5 Å². The van der Waals surface area contributed by atoms with E-state index >= 15 is 0 Å². The van der Waals surface area contributed by atoms with E-state index in [1.165, 1.54) is 4.68 Å². The average molecular weight is 324 g/mol. The van der Waals surface area contributed by atoms with Crippen molar-refractivity contribution in [1.82, 2.24) is 9.78 Å². The largest absolute Gasteiger partial charge is 0.409 e. The Morgan fingerprint density at radius 2 is 1.91 bits per heavy atom. The fourth-order valence-corrected chi connectivity index (χ4v) is 2.57. The summed E-state index contributed by atoms with van der Waals surface area (Å²) in [5.41, 5.74) is 1.84. The molecule has 1 aliphatic heterocycles. The lowest BCUT2D eigenvalue weighted by Crippen LogP contribution is -2.33. The van der Waals surface area contributed by atoms with Gasteiger partial charge < -0.3 is 24.5 Å². The van der Waals surface area contributed by atoms with E-state index in [9.17, 15) is 10.2 Å². The minimum atomic E-state index is -1.25. The van der Waals surface area contributed by atoms with E-state index in [2.05, 4.69) is 5.10 Å². The summed E-state index contributed by atoms with van der Waals surface area (Å²) in [4.78, 5) is 0.0189. The summed E-state index contributed by atoms with van der Waals surface area (Å²) in [6, 6.07) is 7.52. The molecule has 4 atom stereocenters. The third-order valence-electron chi connectivity index (χ3n) is 3.63. The highest BCUT2D eigenvalue weighted by Gasteiger charge is 2.44. The van der Waals surface area contributed by atoms with Gasteiger partial charge in [0.25, 0.3) is 4.84 Å². The predicted octanol–water partition coefficient (Wildman–Crippen LogP) is 0.793. The van der Waals surface area contributed by atoms with Crippen LogP contribution in [0.5, 0.6) is 0 Å². The fourth-order valence-electron chi connectivity index (χ4n) is 2.34. The van der Waals surface area contributed by atoms with Crippen LogP contribution in [0.3, 0.4) is 0 Å². The first-order valence-corrected chi connectivity index (χ1v) is 7.21. The maximum Gasteiger partial charge on any atom is 0.289 e. The number of nitrogens with zero attached hydrogens (tertiary/aromatic N) is 2. The van der Waals surface area contributed by atoms with Crippen molar-refractivity contribution in [2.75, 3.05) is 6.61 Å². The van der Waals surface area contributed by atoms with Gasteiger partial charge in [-0.3, -0.25) is 0 Å². The molecule has 3 rings (SSSR count). The van der Waals surface area contributed by atoms with Crippen LogP contribution in [-0.4, -0.2) is 50.0 Å². The molecule has 0 saturated carbocycles. The van der Waals surface area contributed by atoms with Crippen molar-refractivity contribution in [2.24, 2.45) is 0 Å². The Balaban J connectivity index is 1.93. The zero-order chi connectivity index (χ0) is 15.9. The third kappa shape index (κ3) is 2.59. The molecule has 0 unspecified atom stereocenters. The molecule has 1 aromatic carbocycles. The number of hydrogen-bond donors (Lipinski definition) is 3. The van der Waals surface area contributed by atoms with Crippen LogP contribution in [0.4, 0.5) is 0 Å². The molecule has 118 valence electrons. The molecule has 2 aromatic rings. The van der Waals surface area contributed by atoms with Gasteiger partial charge in [0.15, 0.2) is 6.23 Å². The normalized spacial score (nSPS) is 28.2. The quantitative estimate of drug-likeness (QED) is 0.718. The minimum Gasteiger partial charge on any atom is -0.409 e. The van der Waals surface area contributed by atoms with Crippen molar-refractivity contribution < 1.29 is 24.5 Å². The zero-order valence-corrected chi connectivity index (χ0v) is 12.6. The fraction of sp³-hybridized carbons (Fsp3) is 0.429. The highest BCUT2D eigenvalue weighted by atomic mass is 32.1. The van der Waals surface area contributed by atoms with Gasteiger partial charge in [0.2, 0.25) is 5.89 Å². The van der Waals surface area contributed by atoms with E-state index in [0.29, 0.717) is 5.89 Å². The first kappa shape index (κ1) is 15.3. The lowest BCUT2D eigenvalue weighted by Gasteiger charge is -2.13. The Labute approximate surface area is 131 Å². The molecule has 8 heteroatoms. The van der Waals surface area contributed by atoms with Crippen molar-refractivity contribution in [1.29, 1.82) is 0 Å². The highest BCUT2D eigenvalue weighted by molar-refractivity contribution is 7.71. The number of aromatic nitrogens is 2. The summed E-state index contributed by atoms with van der Waals surface area (Å²) in [7, 11) is 0. The summed E-state index contributed by atoms with van der Waals surface area (Å²) >= 11 is 5.10.